The molecule has 0 fully saturated rings. The van der Waals surface area contributed by atoms with Gasteiger partial charge in [0.1, 0.15) is 0 Å². The number of hydrogen-bond donors (Lipinski definition) is 0. The Morgan fingerprint density at radius 3 is 0.879 bits per heavy atom. The zero-order valence-corrected chi connectivity index (χ0v) is 26.8. The Kier molecular flexibility index (Phi) is 31.3. The number of hydrogen-bond acceptors (Lipinski definition) is 3. The first-order valence-electron chi connectivity index (χ1n) is 14.5. The van der Waals surface area contributed by atoms with E-state index in [1.165, 1.54) is 122 Å². The molecule has 0 aromatic rings. The van der Waals surface area contributed by atoms with E-state index in [2.05, 4.69) is 13.8 Å². The molecule has 0 N–H and O–H groups in total. The van der Waals surface area contributed by atoms with Gasteiger partial charge < -0.3 is 4.55 Å². The van der Waals surface area contributed by atoms with E-state index in [1.54, 1.807) is 0 Å². The third kappa shape index (κ3) is 28.0. The first-order valence-corrected chi connectivity index (χ1v) is 15.9. The van der Waals surface area contributed by atoms with Crippen LogP contribution in [0.3, 0.4) is 0 Å². The van der Waals surface area contributed by atoms with Crippen LogP contribution < -0.4 is 51.4 Å². The Balaban J connectivity index is 0. The van der Waals surface area contributed by atoms with E-state index in [0.29, 0.717) is 12.8 Å². The van der Waals surface area contributed by atoms with Crippen LogP contribution >= 0.6 is 0 Å². The monoisotopic (exact) mass is 512 g/mol. The van der Waals surface area contributed by atoms with Gasteiger partial charge in [-0.1, -0.05) is 162 Å². The van der Waals surface area contributed by atoms with Crippen LogP contribution in [0.5, 0.6) is 0 Å². The Morgan fingerprint density at radius 2 is 0.667 bits per heavy atom. The van der Waals surface area contributed by atoms with Gasteiger partial charge >= 0.3 is 51.4 Å². The molecular formula is C28H57KO3S. The molecule has 3 nitrogen and oxygen atoms in total. The first-order chi connectivity index (χ1) is 15.5. The van der Waals surface area contributed by atoms with E-state index < -0.39 is 15.4 Å². The van der Waals surface area contributed by atoms with Gasteiger partial charge in [0.15, 0.2) is 0 Å². The molecule has 0 bridgehead atoms. The molecule has 0 saturated heterocycles. The molecule has 194 valence electrons. The second-order valence-corrected chi connectivity index (χ2v) is 11.8. The third-order valence-corrected chi connectivity index (χ3v) is 8.21. The molecule has 0 radical (unpaired) electrons. The number of rotatable bonds is 26. The first kappa shape index (κ1) is 36.7. The molecular weight excluding hydrogens is 455 g/mol. The molecule has 0 heterocycles. The number of unbranched alkanes of at least 4 members (excludes halogenated alkanes) is 21. The van der Waals surface area contributed by atoms with Gasteiger partial charge in [0.2, 0.25) is 0 Å². The molecule has 0 spiro atoms. The normalized spacial score (nSPS) is 12.6. The van der Waals surface area contributed by atoms with Gasteiger partial charge in [-0.15, -0.1) is 0 Å². The van der Waals surface area contributed by atoms with E-state index in [0.717, 1.165) is 25.7 Å². The molecule has 0 aromatic carbocycles. The summed E-state index contributed by atoms with van der Waals surface area (Å²) in [5.41, 5.74) is 0. The topological polar surface area (TPSA) is 57.2 Å². The summed E-state index contributed by atoms with van der Waals surface area (Å²) in [4.78, 5) is 0. The van der Waals surface area contributed by atoms with Gasteiger partial charge in [0.25, 0.3) is 0 Å². The molecule has 0 saturated carbocycles. The van der Waals surface area contributed by atoms with Crippen LogP contribution in [0.4, 0.5) is 0 Å². The van der Waals surface area contributed by atoms with Crippen LogP contribution in [-0.2, 0) is 10.1 Å². The van der Waals surface area contributed by atoms with Gasteiger partial charge in [0, 0.05) is 5.25 Å². The van der Waals surface area contributed by atoms with E-state index >= 15 is 0 Å². The molecule has 1 unspecified atom stereocenters. The maximum Gasteiger partial charge on any atom is 1.00 e. The van der Waals surface area contributed by atoms with Crippen molar-refractivity contribution >= 4 is 10.1 Å². The largest absolute Gasteiger partial charge is 1.00 e. The maximum atomic E-state index is 11.6. The molecule has 0 amide bonds. The SMILES string of the molecule is CCCCCCCCCCCCCCCCC(CCCCCCCCCCC)S(=O)(=O)[O-].[K+]. The van der Waals surface area contributed by atoms with Crippen molar-refractivity contribution in [2.24, 2.45) is 0 Å². The molecule has 5 heteroatoms. The fourth-order valence-electron chi connectivity index (χ4n) is 4.68. The summed E-state index contributed by atoms with van der Waals surface area (Å²) in [5, 5.41) is -0.649. The minimum Gasteiger partial charge on any atom is -0.748 e. The average molecular weight is 513 g/mol. The Labute approximate surface area is 251 Å². The van der Waals surface area contributed by atoms with Crippen LogP contribution in [0.25, 0.3) is 0 Å². The van der Waals surface area contributed by atoms with Crippen LogP contribution in [0.1, 0.15) is 174 Å². The summed E-state index contributed by atoms with van der Waals surface area (Å²) in [6, 6.07) is 0. The Morgan fingerprint density at radius 1 is 0.455 bits per heavy atom. The molecule has 0 aromatic heterocycles. The van der Waals surface area contributed by atoms with Crippen molar-refractivity contribution in [3.05, 3.63) is 0 Å². The van der Waals surface area contributed by atoms with Crippen molar-refractivity contribution in [2.45, 2.75) is 180 Å². The third-order valence-electron chi connectivity index (χ3n) is 6.92. The van der Waals surface area contributed by atoms with E-state index in [-0.39, 0.29) is 51.4 Å². The van der Waals surface area contributed by atoms with Crippen LogP contribution in [0, 0.1) is 0 Å². The minimum absolute atomic E-state index is 0. The molecule has 0 rings (SSSR count). The van der Waals surface area contributed by atoms with Crippen LogP contribution in [-0.4, -0.2) is 18.2 Å². The standard InChI is InChI=1S/C28H58O3S.K/c1-3-5-7-9-11-13-14-15-16-17-19-21-23-25-27-28(32(29,30)31)26-24-22-20-18-12-10-8-6-4-2;/h28H,3-27H2,1-2H3,(H,29,30,31);/q;+1/p-1. The summed E-state index contributed by atoms with van der Waals surface area (Å²) in [7, 11) is -4.14. The molecule has 1 atom stereocenters. The summed E-state index contributed by atoms with van der Waals surface area (Å²) in [5.74, 6) is 0. The summed E-state index contributed by atoms with van der Waals surface area (Å²) < 4.78 is 34.8. The van der Waals surface area contributed by atoms with E-state index in [4.69, 9.17) is 0 Å². The van der Waals surface area contributed by atoms with E-state index in [1.807, 2.05) is 0 Å². The van der Waals surface area contributed by atoms with Crippen molar-refractivity contribution in [2.75, 3.05) is 0 Å². The van der Waals surface area contributed by atoms with Gasteiger partial charge in [-0.2, -0.15) is 0 Å². The van der Waals surface area contributed by atoms with Gasteiger partial charge in [-0.25, -0.2) is 8.42 Å². The fraction of sp³-hybridized carbons (Fsp3) is 1.00. The molecule has 33 heavy (non-hydrogen) atoms. The summed E-state index contributed by atoms with van der Waals surface area (Å²) in [6.07, 6.45) is 30.2. The molecule has 0 aliphatic rings. The van der Waals surface area contributed by atoms with Crippen molar-refractivity contribution in [1.29, 1.82) is 0 Å². The smallest absolute Gasteiger partial charge is 0.748 e. The Hall–Kier alpha value is 1.55. The van der Waals surface area contributed by atoms with Crippen molar-refractivity contribution in [3.8, 4) is 0 Å². The summed E-state index contributed by atoms with van der Waals surface area (Å²) in [6.45, 7) is 4.50. The van der Waals surface area contributed by atoms with Gasteiger partial charge in [-0.3, -0.25) is 0 Å². The zero-order chi connectivity index (χ0) is 23.8. The van der Waals surface area contributed by atoms with Crippen molar-refractivity contribution < 1.29 is 64.4 Å². The zero-order valence-electron chi connectivity index (χ0n) is 22.9. The van der Waals surface area contributed by atoms with Crippen LogP contribution in [0.2, 0.25) is 0 Å². The van der Waals surface area contributed by atoms with E-state index in [9.17, 15) is 13.0 Å². The fourth-order valence-corrected chi connectivity index (χ4v) is 5.59. The summed E-state index contributed by atoms with van der Waals surface area (Å²) >= 11 is 0. The predicted octanol–water partition coefficient (Wildman–Crippen LogP) is 6.70. The minimum atomic E-state index is -4.14. The molecule has 0 aliphatic heterocycles. The van der Waals surface area contributed by atoms with Gasteiger partial charge in [-0.05, 0) is 12.8 Å². The second kappa shape index (κ2) is 28.1. The van der Waals surface area contributed by atoms with Crippen LogP contribution in [0.15, 0.2) is 0 Å². The predicted molar refractivity (Wildman–Crippen MR) is 140 cm³/mol. The van der Waals surface area contributed by atoms with Gasteiger partial charge in [0.05, 0.1) is 10.1 Å². The van der Waals surface area contributed by atoms with Crippen molar-refractivity contribution in [3.63, 3.8) is 0 Å². The average Bonchev–Trinajstić information content (AvgIpc) is 2.75. The molecule has 0 aliphatic carbocycles. The quantitative estimate of drug-likeness (QED) is 0.0736. The van der Waals surface area contributed by atoms with Crippen molar-refractivity contribution in [1.82, 2.24) is 0 Å². The second-order valence-electron chi connectivity index (χ2n) is 10.1. The maximum absolute atomic E-state index is 11.6. The Bertz CT molecular complexity index is 468.